The monoisotopic (exact) mass is 260 g/mol. The number of alkyl halides is 3. The fourth-order valence-electron chi connectivity index (χ4n) is 1.47. The van der Waals surface area contributed by atoms with Crippen molar-refractivity contribution in [2.24, 2.45) is 0 Å². The Kier molecular flexibility index (Phi) is 3.11. The van der Waals surface area contributed by atoms with Crippen molar-refractivity contribution < 1.29 is 13.2 Å². The molecule has 0 saturated carbocycles. The smallest absolute Gasteiger partial charge is 0.280 e. The first-order chi connectivity index (χ1) is 7.98. The molecule has 0 aliphatic carbocycles. The first kappa shape index (κ1) is 12.0. The standard InChI is InChI=1S/C11H8ClF3N2/c12-9-8(6-7-4-2-1-3-5-7)16-17-10(9)11(13,14)15/h1-5H,6H2,(H,16,17). The Morgan fingerprint density at radius 1 is 1.18 bits per heavy atom. The van der Waals surface area contributed by atoms with Crippen LogP contribution in [0.25, 0.3) is 0 Å². The van der Waals surface area contributed by atoms with Crippen LogP contribution in [0.5, 0.6) is 0 Å². The summed E-state index contributed by atoms with van der Waals surface area (Å²) in [5.41, 5.74) is 0.0714. The number of rotatable bonds is 2. The van der Waals surface area contributed by atoms with Crippen molar-refractivity contribution in [2.75, 3.05) is 0 Å². The quantitative estimate of drug-likeness (QED) is 0.877. The van der Waals surface area contributed by atoms with E-state index in [-0.39, 0.29) is 10.7 Å². The third kappa shape index (κ3) is 2.61. The molecule has 0 bridgehead atoms. The molecule has 6 heteroatoms. The van der Waals surface area contributed by atoms with Crippen LogP contribution in [-0.4, -0.2) is 10.2 Å². The van der Waals surface area contributed by atoms with Crippen LogP contribution in [0.1, 0.15) is 17.0 Å². The van der Waals surface area contributed by atoms with Crippen LogP contribution in [0.3, 0.4) is 0 Å². The third-order valence-corrected chi connectivity index (χ3v) is 2.67. The van der Waals surface area contributed by atoms with Crippen molar-refractivity contribution in [3.63, 3.8) is 0 Å². The second-order valence-electron chi connectivity index (χ2n) is 3.52. The molecule has 17 heavy (non-hydrogen) atoms. The molecule has 90 valence electrons. The molecule has 0 unspecified atom stereocenters. The Morgan fingerprint density at radius 3 is 2.35 bits per heavy atom. The van der Waals surface area contributed by atoms with Gasteiger partial charge in [-0.15, -0.1) is 0 Å². The zero-order chi connectivity index (χ0) is 12.5. The molecular formula is C11H8ClF3N2. The summed E-state index contributed by atoms with van der Waals surface area (Å²) >= 11 is 5.65. The van der Waals surface area contributed by atoms with Gasteiger partial charge in [0, 0.05) is 6.42 Å². The third-order valence-electron chi connectivity index (χ3n) is 2.27. The van der Waals surface area contributed by atoms with Gasteiger partial charge in [0.25, 0.3) is 0 Å². The van der Waals surface area contributed by atoms with Gasteiger partial charge in [-0.2, -0.15) is 18.3 Å². The van der Waals surface area contributed by atoms with E-state index >= 15 is 0 Å². The molecule has 1 aromatic carbocycles. The number of nitrogens with one attached hydrogen (secondary N) is 1. The van der Waals surface area contributed by atoms with Crippen LogP contribution in [0.4, 0.5) is 13.2 Å². The second-order valence-corrected chi connectivity index (χ2v) is 3.90. The molecule has 2 aromatic rings. The van der Waals surface area contributed by atoms with E-state index in [4.69, 9.17) is 11.6 Å². The summed E-state index contributed by atoms with van der Waals surface area (Å²) in [4.78, 5) is 0. The highest BCUT2D eigenvalue weighted by atomic mass is 35.5. The summed E-state index contributed by atoms with van der Waals surface area (Å²) in [6.45, 7) is 0. The number of hydrogen-bond donors (Lipinski definition) is 1. The summed E-state index contributed by atoms with van der Waals surface area (Å²) in [6.07, 6.45) is -4.23. The largest absolute Gasteiger partial charge is 0.436 e. The molecule has 0 aliphatic rings. The maximum atomic E-state index is 12.4. The van der Waals surface area contributed by atoms with Crippen molar-refractivity contribution in [2.45, 2.75) is 12.6 Å². The normalized spacial score (nSPS) is 11.8. The van der Waals surface area contributed by atoms with E-state index < -0.39 is 11.9 Å². The average molecular weight is 261 g/mol. The summed E-state index contributed by atoms with van der Waals surface area (Å²) in [5, 5.41) is 5.17. The Balaban J connectivity index is 2.27. The number of H-pyrrole nitrogens is 1. The molecule has 0 saturated heterocycles. The topological polar surface area (TPSA) is 28.7 Å². The number of halogens is 4. The second kappa shape index (κ2) is 4.41. The van der Waals surface area contributed by atoms with Gasteiger partial charge < -0.3 is 0 Å². The van der Waals surface area contributed by atoms with Crippen LogP contribution in [0.15, 0.2) is 30.3 Å². The average Bonchev–Trinajstić information content (AvgIpc) is 2.61. The predicted octanol–water partition coefficient (Wildman–Crippen LogP) is 3.67. The molecule has 2 rings (SSSR count). The highest BCUT2D eigenvalue weighted by molar-refractivity contribution is 6.32. The lowest BCUT2D eigenvalue weighted by molar-refractivity contribution is -0.141. The number of benzene rings is 1. The SMILES string of the molecule is FC(F)(F)c1n[nH]c(Cc2ccccc2)c1Cl. The van der Waals surface area contributed by atoms with E-state index in [0.29, 0.717) is 6.42 Å². The van der Waals surface area contributed by atoms with Gasteiger partial charge >= 0.3 is 6.18 Å². The van der Waals surface area contributed by atoms with Crippen molar-refractivity contribution >= 4 is 11.6 Å². The van der Waals surface area contributed by atoms with E-state index in [2.05, 4.69) is 10.2 Å². The molecule has 0 atom stereocenters. The number of hydrogen-bond acceptors (Lipinski definition) is 1. The number of aromatic nitrogens is 2. The molecule has 1 aromatic heterocycles. The van der Waals surface area contributed by atoms with Crippen molar-refractivity contribution in [3.8, 4) is 0 Å². The van der Waals surface area contributed by atoms with Gasteiger partial charge in [0.1, 0.15) is 0 Å². The van der Waals surface area contributed by atoms with Gasteiger partial charge in [-0.3, -0.25) is 5.10 Å². The summed E-state index contributed by atoms with van der Waals surface area (Å²) < 4.78 is 37.3. The minimum Gasteiger partial charge on any atom is -0.280 e. The highest BCUT2D eigenvalue weighted by Crippen LogP contribution is 2.34. The lowest BCUT2D eigenvalue weighted by Gasteiger charge is -2.02. The molecule has 0 radical (unpaired) electrons. The number of aromatic amines is 1. The molecule has 1 heterocycles. The minimum absolute atomic E-state index is 0.269. The molecule has 2 nitrogen and oxygen atoms in total. The zero-order valence-corrected chi connectivity index (χ0v) is 9.31. The van der Waals surface area contributed by atoms with Crippen LogP contribution >= 0.6 is 11.6 Å². The van der Waals surface area contributed by atoms with Gasteiger partial charge in [0.05, 0.1) is 10.7 Å². The van der Waals surface area contributed by atoms with E-state index in [9.17, 15) is 13.2 Å². The molecule has 0 fully saturated rings. The minimum atomic E-state index is -4.53. The molecule has 0 aliphatic heterocycles. The maximum absolute atomic E-state index is 12.4. The van der Waals surface area contributed by atoms with Gasteiger partial charge in [0.2, 0.25) is 0 Å². The van der Waals surface area contributed by atoms with Crippen molar-refractivity contribution in [3.05, 3.63) is 52.3 Å². The fourth-order valence-corrected chi connectivity index (χ4v) is 1.73. The van der Waals surface area contributed by atoms with Gasteiger partial charge in [0.15, 0.2) is 5.69 Å². The molecule has 0 amide bonds. The Bertz CT molecular complexity index is 505. The predicted molar refractivity (Wildman–Crippen MR) is 57.8 cm³/mol. The fraction of sp³-hybridized carbons (Fsp3) is 0.182. The maximum Gasteiger partial charge on any atom is 0.436 e. The van der Waals surface area contributed by atoms with Gasteiger partial charge in [-0.05, 0) is 5.56 Å². The zero-order valence-electron chi connectivity index (χ0n) is 8.55. The lowest BCUT2D eigenvalue weighted by atomic mass is 10.1. The van der Waals surface area contributed by atoms with E-state index in [0.717, 1.165) is 5.56 Å². The summed E-state index contributed by atoms with van der Waals surface area (Å²) in [5.74, 6) is 0. The van der Waals surface area contributed by atoms with Crippen LogP contribution in [-0.2, 0) is 12.6 Å². The first-order valence-electron chi connectivity index (χ1n) is 4.82. The highest BCUT2D eigenvalue weighted by Gasteiger charge is 2.37. The Labute approximate surface area is 100 Å². The van der Waals surface area contributed by atoms with Crippen LogP contribution in [0.2, 0.25) is 5.02 Å². The summed E-state index contributed by atoms with van der Waals surface area (Å²) in [7, 11) is 0. The first-order valence-corrected chi connectivity index (χ1v) is 5.20. The molecule has 0 spiro atoms. The van der Waals surface area contributed by atoms with Crippen LogP contribution < -0.4 is 0 Å². The summed E-state index contributed by atoms with van der Waals surface area (Å²) in [6, 6.07) is 9.07. The van der Waals surface area contributed by atoms with E-state index in [1.165, 1.54) is 0 Å². The van der Waals surface area contributed by atoms with E-state index in [1.54, 1.807) is 0 Å². The van der Waals surface area contributed by atoms with Crippen LogP contribution in [0, 0.1) is 0 Å². The Hall–Kier alpha value is -1.49. The van der Waals surface area contributed by atoms with Crippen molar-refractivity contribution in [1.82, 2.24) is 10.2 Å². The van der Waals surface area contributed by atoms with Crippen molar-refractivity contribution in [1.29, 1.82) is 0 Å². The number of nitrogens with zero attached hydrogens (tertiary/aromatic N) is 1. The van der Waals surface area contributed by atoms with Gasteiger partial charge in [-0.1, -0.05) is 41.9 Å². The van der Waals surface area contributed by atoms with E-state index in [1.807, 2.05) is 30.3 Å². The lowest BCUT2D eigenvalue weighted by Crippen LogP contribution is -2.06. The molecule has 1 N–H and O–H groups in total. The Morgan fingerprint density at radius 2 is 1.82 bits per heavy atom. The van der Waals surface area contributed by atoms with Gasteiger partial charge in [-0.25, -0.2) is 0 Å². The molecular weight excluding hydrogens is 253 g/mol.